The van der Waals surface area contributed by atoms with E-state index < -0.39 is 4.92 Å². The fraction of sp³-hybridized carbons (Fsp3) is 0.333. The summed E-state index contributed by atoms with van der Waals surface area (Å²) < 4.78 is 1.40. The number of benzene rings is 1. The molecular formula is C12H15N5O3S. The minimum atomic E-state index is -0.422. The molecule has 0 radical (unpaired) electrons. The van der Waals surface area contributed by atoms with Crippen LogP contribution in [0.1, 0.15) is 12.5 Å². The molecule has 112 valence electrons. The molecule has 0 aliphatic heterocycles. The molecule has 9 heteroatoms. The van der Waals surface area contributed by atoms with E-state index in [1.54, 1.807) is 13.1 Å². The fourth-order valence-corrected chi connectivity index (χ4v) is 2.69. The molecule has 0 saturated heterocycles. The molecular weight excluding hydrogens is 294 g/mol. The Kier molecular flexibility index (Phi) is 4.63. The lowest BCUT2D eigenvalue weighted by atomic mass is 10.2. The second-order valence-corrected chi connectivity index (χ2v) is 5.23. The summed E-state index contributed by atoms with van der Waals surface area (Å²) in [6, 6.07) is 4.70. The Balaban J connectivity index is 2.24. The van der Waals surface area contributed by atoms with Gasteiger partial charge in [0.2, 0.25) is 0 Å². The van der Waals surface area contributed by atoms with Crippen molar-refractivity contribution in [3.8, 4) is 0 Å². The quantitative estimate of drug-likeness (QED) is 0.478. The maximum absolute atomic E-state index is 11.3. The molecule has 0 spiro atoms. The summed E-state index contributed by atoms with van der Waals surface area (Å²) in [4.78, 5) is 21.7. The fourth-order valence-electron chi connectivity index (χ4n) is 1.78. The molecule has 21 heavy (non-hydrogen) atoms. The number of hydrogen-bond acceptors (Lipinski definition) is 6. The molecule has 2 aromatic rings. The molecule has 0 aliphatic carbocycles. The molecule has 1 aromatic heterocycles. The van der Waals surface area contributed by atoms with Crippen LogP contribution in [0.15, 0.2) is 28.2 Å². The molecule has 0 fully saturated rings. The van der Waals surface area contributed by atoms with Gasteiger partial charge in [0.05, 0.1) is 4.92 Å². The third-order valence-electron chi connectivity index (χ3n) is 2.86. The van der Waals surface area contributed by atoms with E-state index in [1.165, 1.54) is 28.5 Å². The Morgan fingerprint density at radius 1 is 1.52 bits per heavy atom. The van der Waals surface area contributed by atoms with E-state index in [2.05, 4.69) is 15.5 Å². The van der Waals surface area contributed by atoms with Crippen molar-refractivity contribution < 1.29 is 4.92 Å². The molecule has 0 amide bonds. The Labute approximate surface area is 124 Å². The second-order valence-electron chi connectivity index (χ2n) is 4.29. The van der Waals surface area contributed by atoms with Crippen molar-refractivity contribution in [1.82, 2.24) is 14.8 Å². The number of aromatic amines is 1. The zero-order valence-electron chi connectivity index (χ0n) is 11.6. The molecule has 1 heterocycles. The average Bonchev–Trinajstić information content (AvgIpc) is 2.78. The number of nitro benzene ring substituents is 1. The van der Waals surface area contributed by atoms with Gasteiger partial charge in [0.15, 0.2) is 5.16 Å². The SMILES string of the molecule is CCNc1ccc([N+](=O)[O-])cc1CSc1n[nH]c(=O)n1C. The van der Waals surface area contributed by atoms with Crippen molar-refractivity contribution in [2.45, 2.75) is 17.8 Å². The van der Waals surface area contributed by atoms with Crippen LogP contribution in [0.3, 0.4) is 0 Å². The summed E-state index contributed by atoms with van der Waals surface area (Å²) in [5.41, 5.74) is 1.40. The third kappa shape index (κ3) is 3.43. The van der Waals surface area contributed by atoms with Gasteiger partial charge in [-0.2, -0.15) is 0 Å². The van der Waals surface area contributed by atoms with E-state index in [0.29, 0.717) is 10.9 Å². The second kappa shape index (κ2) is 6.44. The third-order valence-corrected chi connectivity index (χ3v) is 3.94. The molecule has 0 bridgehead atoms. The lowest BCUT2D eigenvalue weighted by Gasteiger charge is -2.10. The lowest BCUT2D eigenvalue weighted by Crippen LogP contribution is -2.12. The van der Waals surface area contributed by atoms with Crippen LogP contribution in [0.25, 0.3) is 0 Å². The van der Waals surface area contributed by atoms with E-state index >= 15 is 0 Å². The van der Waals surface area contributed by atoms with Crippen molar-refractivity contribution in [3.63, 3.8) is 0 Å². The number of hydrogen-bond donors (Lipinski definition) is 2. The van der Waals surface area contributed by atoms with E-state index in [4.69, 9.17) is 0 Å². The molecule has 2 rings (SSSR count). The zero-order chi connectivity index (χ0) is 15.4. The Morgan fingerprint density at radius 3 is 2.86 bits per heavy atom. The van der Waals surface area contributed by atoms with E-state index in [9.17, 15) is 14.9 Å². The van der Waals surface area contributed by atoms with Crippen molar-refractivity contribution in [3.05, 3.63) is 44.4 Å². The number of rotatable bonds is 6. The summed E-state index contributed by atoms with van der Waals surface area (Å²) in [7, 11) is 1.62. The summed E-state index contributed by atoms with van der Waals surface area (Å²) in [6.45, 7) is 2.67. The van der Waals surface area contributed by atoms with Crippen molar-refractivity contribution >= 4 is 23.1 Å². The van der Waals surface area contributed by atoms with E-state index in [-0.39, 0.29) is 11.4 Å². The first-order valence-electron chi connectivity index (χ1n) is 6.28. The average molecular weight is 309 g/mol. The first-order valence-corrected chi connectivity index (χ1v) is 7.27. The van der Waals surface area contributed by atoms with Gasteiger partial charge in [-0.05, 0) is 18.6 Å². The molecule has 0 unspecified atom stereocenters. The van der Waals surface area contributed by atoms with Crippen molar-refractivity contribution in [2.24, 2.45) is 7.05 Å². The van der Waals surface area contributed by atoms with Crippen LogP contribution in [0, 0.1) is 10.1 Å². The standard InChI is InChI=1S/C12H15N5O3S/c1-3-13-10-5-4-9(17(19)20)6-8(10)7-21-12-15-14-11(18)16(12)2/h4-6,13H,3,7H2,1-2H3,(H,14,18). The van der Waals surface area contributed by atoms with Crippen LogP contribution in [0.4, 0.5) is 11.4 Å². The number of thioether (sulfide) groups is 1. The van der Waals surface area contributed by atoms with E-state index in [1.807, 2.05) is 6.92 Å². The van der Waals surface area contributed by atoms with Gasteiger partial charge in [-0.1, -0.05) is 11.8 Å². The summed E-state index contributed by atoms with van der Waals surface area (Å²) in [5.74, 6) is 0.474. The number of nitrogens with zero attached hydrogens (tertiary/aromatic N) is 3. The summed E-state index contributed by atoms with van der Waals surface area (Å²) in [6.07, 6.45) is 0. The van der Waals surface area contributed by atoms with Gasteiger partial charge < -0.3 is 5.32 Å². The number of aromatic nitrogens is 3. The molecule has 0 atom stereocenters. The topological polar surface area (TPSA) is 106 Å². The number of anilines is 1. The molecule has 8 nitrogen and oxygen atoms in total. The van der Waals surface area contributed by atoms with Gasteiger partial charge in [0, 0.05) is 37.2 Å². The minimum absolute atomic E-state index is 0.0446. The number of non-ortho nitro benzene ring substituents is 1. The van der Waals surface area contributed by atoms with Gasteiger partial charge in [-0.3, -0.25) is 14.7 Å². The Hall–Kier alpha value is -2.29. The molecule has 0 aliphatic rings. The van der Waals surface area contributed by atoms with Gasteiger partial charge in [0.1, 0.15) is 0 Å². The highest BCUT2D eigenvalue weighted by Gasteiger charge is 2.12. The number of nitro groups is 1. The molecule has 1 aromatic carbocycles. The predicted octanol–water partition coefficient (Wildman–Crippen LogP) is 1.74. The number of H-pyrrole nitrogens is 1. The van der Waals surface area contributed by atoms with Crippen molar-refractivity contribution in [1.29, 1.82) is 0 Å². The van der Waals surface area contributed by atoms with Crippen LogP contribution in [-0.2, 0) is 12.8 Å². The highest BCUT2D eigenvalue weighted by atomic mass is 32.2. The smallest absolute Gasteiger partial charge is 0.343 e. The first-order chi connectivity index (χ1) is 10.0. The monoisotopic (exact) mass is 309 g/mol. The zero-order valence-corrected chi connectivity index (χ0v) is 12.4. The minimum Gasteiger partial charge on any atom is -0.385 e. The summed E-state index contributed by atoms with van der Waals surface area (Å²) >= 11 is 1.34. The van der Waals surface area contributed by atoms with Gasteiger partial charge in [-0.25, -0.2) is 9.89 Å². The largest absolute Gasteiger partial charge is 0.385 e. The molecule has 2 N–H and O–H groups in total. The van der Waals surface area contributed by atoms with E-state index in [0.717, 1.165) is 17.8 Å². The van der Waals surface area contributed by atoms with Crippen LogP contribution >= 0.6 is 11.8 Å². The highest BCUT2D eigenvalue weighted by Crippen LogP contribution is 2.28. The number of nitrogens with one attached hydrogen (secondary N) is 2. The van der Waals surface area contributed by atoms with Gasteiger partial charge in [0.25, 0.3) is 5.69 Å². The highest BCUT2D eigenvalue weighted by molar-refractivity contribution is 7.98. The van der Waals surface area contributed by atoms with Crippen LogP contribution in [0.5, 0.6) is 0 Å². The van der Waals surface area contributed by atoms with Gasteiger partial charge >= 0.3 is 5.69 Å². The Morgan fingerprint density at radius 2 is 2.29 bits per heavy atom. The summed E-state index contributed by atoms with van der Waals surface area (Å²) in [5, 5.41) is 20.8. The van der Waals surface area contributed by atoms with Crippen LogP contribution < -0.4 is 11.0 Å². The van der Waals surface area contributed by atoms with Crippen LogP contribution in [0.2, 0.25) is 0 Å². The predicted molar refractivity (Wildman–Crippen MR) is 80.6 cm³/mol. The first kappa shape index (κ1) is 15.1. The van der Waals surface area contributed by atoms with Gasteiger partial charge in [-0.15, -0.1) is 5.10 Å². The lowest BCUT2D eigenvalue weighted by molar-refractivity contribution is -0.384. The Bertz CT molecular complexity index is 709. The maximum Gasteiger partial charge on any atom is 0.343 e. The van der Waals surface area contributed by atoms with Crippen molar-refractivity contribution in [2.75, 3.05) is 11.9 Å². The normalized spacial score (nSPS) is 10.6. The molecule has 0 saturated carbocycles. The van der Waals surface area contributed by atoms with Crippen LogP contribution in [-0.4, -0.2) is 26.2 Å². The maximum atomic E-state index is 11.3.